The molecule has 1 atom stereocenters. The van der Waals surface area contributed by atoms with E-state index in [0.717, 1.165) is 60.2 Å². The zero-order valence-corrected chi connectivity index (χ0v) is 22.4. The van der Waals surface area contributed by atoms with Crippen LogP contribution in [0.4, 0.5) is 5.82 Å². The summed E-state index contributed by atoms with van der Waals surface area (Å²) in [6, 6.07) is 4.57. The number of likely N-dealkylation sites (N-methyl/N-ethyl adjacent to an activating group) is 1. The zero-order valence-electron chi connectivity index (χ0n) is 22.4. The van der Waals surface area contributed by atoms with Crippen LogP contribution >= 0.6 is 0 Å². The topological polar surface area (TPSA) is 129 Å². The van der Waals surface area contributed by atoms with Gasteiger partial charge in [0.05, 0.1) is 23.8 Å². The molecule has 0 radical (unpaired) electrons. The number of pyridine rings is 1. The monoisotopic (exact) mass is 517 g/mol. The molecule has 200 valence electrons. The number of anilines is 1. The van der Waals surface area contributed by atoms with Gasteiger partial charge in [0, 0.05) is 48.6 Å². The number of nitriles is 1. The zero-order chi connectivity index (χ0) is 26.9. The van der Waals surface area contributed by atoms with Crippen molar-refractivity contribution < 1.29 is 9.84 Å². The summed E-state index contributed by atoms with van der Waals surface area (Å²) in [6.45, 7) is 9.06. The summed E-state index contributed by atoms with van der Waals surface area (Å²) >= 11 is 0. The Balaban J connectivity index is 1.39. The second kappa shape index (κ2) is 10.5. The van der Waals surface area contributed by atoms with Gasteiger partial charge in [0.2, 0.25) is 5.90 Å². The third-order valence-electron chi connectivity index (χ3n) is 7.20. The Kier molecular flexibility index (Phi) is 7.08. The molecule has 38 heavy (non-hydrogen) atoms. The van der Waals surface area contributed by atoms with Crippen molar-refractivity contribution in [1.29, 1.82) is 5.26 Å². The highest BCUT2D eigenvalue weighted by Crippen LogP contribution is 2.36. The summed E-state index contributed by atoms with van der Waals surface area (Å²) in [5, 5.41) is 39.3. The predicted octanol–water partition coefficient (Wildman–Crippen LogP) is 4.01. The highest BCUT2D eigenvalue weighted by molar-refractivity contribution is 5.93. The summed E-state index contributed by atoms with van der Waals surface area (Å²) in [5.41, 5.74) is 1.94. The lowest BCUT2D eigenvalue weighted by Gasteiger charge is -2.31. The van der Waals surface area contributed by atoms with Crippen molar-refractivity contribution >= 4 is 22.6 Å². The van der Waals surface area contributed by atoms with Crippen LogP contribution in [0.25, 0.3) is 22.2 Å². The van der Waals surface area contributed by atoms with E-state index >= 15 is 0 Å². The quantitative estimate of drug-likeness (QED) is 0.481. The first-order valence-corrected chi connectivity index (χ1v) is 13.3. The van der Waals surface area contributed by atoms with Gasteiger partial charge in [-0.2, -0.15) is 15.5 Å². The van der Waals surface area contributed by atoms with E-state index in [1.54, 1.807) is 28.0 Å². The van der Waals surface area contributed by atoms with Gasteiger partial charge in [-0.25, -0.2) is 4.98 Å². The van der Waals surface area contributed by atoms with E-state index in [0.29, 0.717) is 12.4 Å². The molecule has 0 aromatic carbocycles. The second-order valence-corrected chi connectivity index (χ2v) is 10.3. The first-order chi connectivity index (χ1) is 18.3. The summed E-state index contributed by atoms with van der Waals surface area (Å²) in [6.07, 6.45) is 11.9. The number of aliphatic hydroxyl groups is 1. The number of rotatable bonds is 7. The van der Waals surface area contributed by atoms with Crippen molar-refractivity contribution in [2.75, 3.05) is 18.4 Å². The Morgan fingerprint density at radius 3 is 2.71 bits per heavy atom. The van der Waals surface area contributed by atoms with Crippen LogP contribution in [0, 0.1) is 11.3 Å². The lowest BCUT2D eigenvalue weighted by atomic mass is 9.93. The molecular formula is C27H35N9O2. The van der Waals surface area contributed by atoms with Crippen molar-refractivity contribution in [1.82, 2.24) is 29.6 Å². The summed E-state index contributed by atoms with van der Waals surface area (Å²) in [5.74, 6) is 1.36. The molecule has 11 nitrogen and oxygen atoms in total. The maximum absolute atomic E-state index is 9.97. The minimum Gasteiger partial charge on any atom is -0.473 e. The Morgan fingerprint density at radius 1 is 1.21 bits per heavy atom. The average molecular weight is 518 g/mol. The van der Waals surface area contributed by atoms with Gasteiger partial charge in [-0.15, -0.1) is 5.10 Å². The molecule has 0 bridgehead atoms. The van der Waals surface area contributed by atoms with Crippen LogP contribution in [0.1, 0.15) is 59.4 Å². The minimum absolute atomic E-state index is 0.0651. The standard InChI is InChI=1S/C27H35N9O2/c1-5-29-23-13-22-21(15-30-23)26(18-14-31-35(16-18)27(3,4)17-28)33-36(22)19-7-9-20(10-8-19)38-24-11-12-25(37)34(6-2)32-24/h11-16,19-20,25,37H,5-10H2,1-4H3,(H,29,30). The van der Waals surface area contributed by atoms with Gasteiger partial charge in [0.15, 0.2) is 6.23 Å². The first kappa shape index (κ1) is 25.7. The number of nitrogens with one attached hydrogen (secondary N) is 1. The Morgan fingerprint density at radius 2 is 2.00 bits per heavy atom. The Hall–Kier alpha value is -3.91. The molecule has 1 aliphatic carbocycles. The minimum atomic E-state index is -0.754. The van der Waals surface area contributed by atoms with E-state index in [-0.39, 0.29) is 12.1 Å². The van der Waals surface area contributed by atoms with E-state index < -0.39 is 11.8 Å². The highest BCUT2D eigenvalue weighted by Gasteiger charge is 2.29. The van der Waals surface area contributed by atoms with E-state index in [4.69, 9.17) is 9.84 Å². The summed E-state index contributed by atoms with van der Waals surface area (Å²) in [7, 11) is 0. The summed E-state index contributed by atoms with van der Waals surface area (Å²) in [4.78, 5) is 4.60. The van der Waals surface area contributed by atoms with E-state index in [1.807, 2.05) is 40.1 Å². The van der Waals surface area contributed by atoms with Gasteiger partial charge in [-0.05, 0) is 59.5 Å². The van der Waals surface area contributed by atoms with Gasteiger partial charge < -0.3 is 15.2 Å². The molecule has 1 aliphatic heterocycles. The van der Waals surface area contributed by atoms with Crippen molar-refractivity contribution in [2.45, 2.75) is 77.3 Å². The number of fused-ring (bicyclic) bond motifs is 1. The molecule has 11 heteroatoms. The highest BCUT2D eigenvalue weighted by atomic mass is 16.5. The molecule has 1 unspecified atom stereocenters. The molecule has 3 aromatic rings. The number of ether oxygens (including phenoxy) is 1. The lowest BCUT2D eigenvalue weighted by Crippen LogP contribution is -2.34. The molecule has 5 rings (SSSR count). The van der Waals surface area contributed by atoms with Gasteiger partial charge in [-0.3, -0.25) is 14.4 Å². The molecule has 0 saturated heterocycles. The van der Waals surface area contributed by atoms with E-state index in [2.05, 4.69) is 37.3 Å². The van der Waals surface area contributed by atoms with Crippen molar-refractivity contribution in [3.8, 4) is 17.3 Å². The fraction of sp³-hybridized carbons (Fsp3) is 0.519. The maximum atomic E-state index is 9.97. The Labute approximate surface area is 222 Å². The summed E-state index contributed by atoms with van der Waals surface area (Å²) < 4.78 is 9.98. The molecular weight excluding hydrogens is 482 g/mol. The molecule has 0 amide bonds. The van der Waals surface area contributed by atoms with Crippen LogP contribution in [0.5, 0.6) is 0 Å². The smallest absolute Gasteiger partial charge is 0.230 e. The van der Waals surface area contributed by atoms with Crippen LogP contribution in [-0.4, -0.2) is 66.0 Å². The van der Waals surface area contributed by atoms with Gasteiger partial charge in [0.25, 0.3) is 0 Å². The van der Waals surface area contributed by atoms with Crippen LogP contribution in [-0.2, 0) is 10.3 Å². The number of nitrogens with zero attached hydrogens (tertiary/aromatic N) is 8. The number of hydrogen-bond acceptors (Lipinski definition) is 9. The number of hydrazone groups is 1. The lowest BCUT2D eigenvalue weighted by molar-refractivity contribution is 0.0377. The van der Waals surface area contributed by atoms with E-state index in [9.17, 15) is 10.4 Å². The van der Waals surface area contributed by atoms with Crippen LogP contribution in [0.15, 0.2) is 41.9 Å². The predicted molar refractivity (Wildman–Crippen MR) is 145 cm³/mol. The van der Waals surface area contributed by atoms with Gasteiger partial charge in [0.1, 0.15) is 23.2 Å². The largest absolute Gasteiger partial charge is 0.473 e. The second-order valence-electron chi connectivity index (χ2n) is 10.3. The third kappa shape index (κ3) is 4.96. The maximum Gasteiger partial charge on any atom is 0.230 e. The first-order valence-electron chi connectivity index (χ1n) is 13.3. The van der Waals surface area contributed by atoms with Crippen LogP contribution in [0.2, 0.25) is 0 Å². The molecule has 0 spiro atoms. The fourth-order valence-corrected chi connectivity index (χ4v) is 4.99. The van der Waals surface area contributed by atoms with Crippen molar-refractivity contribution in [3.05, 3.63) is 36.8 Å². The molecule has 1 fully saturated rings. The normalized spacial score (nSPS) is 21.8. The van der Waals surface area contributed by atoms with E-state index in [1.165, 1.54) is 0 Å². The molecule has 3 aromatic heterocycles. The number of hydrogen-bond donors (Lipinski definition) is 2. The van der Waals surface area contributed by atoms with Gasteiger partial charge in [-0.1, -0.05) is 0 Å². The third-order valence-corrected chi connectivity index (χ3v) is 7.20. The van der Waals surface area contributed by atoms with Crippen LogP contribution < -0.4 is 5.32 Å². The number of aromatic nitrogens is 5. The van der Waals surface area contributed by atoms with Crippen molar-refractivity contribution in [2.24, 2.45) is 5.10 Å². The number of aliphatic hydroxyl groups excluding tert-OH is 1. The SMILES string of the molecule is CCNc1cc2c(cn1)c(-c1cnn(C(C)(C)C#N)c1)nn2C1CCC(OC2=NN(CC)C(O)C=C2)CC1. The average Bonchev–Trinajstić information content (AvgIpc) is 3.56. The molecule has 2 aliphatic rings. The molecule has 2 N–H and O–H groups in total. The fourth-order valence-electron chi connectivity index (χ4n) is 4.99. The molecule has 1 saturated carbocycles. The molecule has 4 heterocycles. The van der Waals surface area contributed by atoms with Crippen LogP contribution in [0.3, 0.4) is 0 Å². The van der Waals surface area contributed by atoms with Gasteiger partial charge >= 0.3 is 0 Å². The Bertz CT molecular complexity index is 1390. The van der Waals surface area contributed by atoms with Crippen molar-refractivity contribution in [3.63, 3.8) is 0 Å².